The lowest BCUT2D eigenvalue weighted by molar-refractivity contribution is -0.158. The molecule has 1 aromatic rings. The van der Waals surface area contributed by atoms with Crippen molar-refractivity contribution in [1.29, 1.82) is 0 Å². The summed E-state index contributed by atoms with van der Waals surface area (Å²) >= 11 is 0. The van der Waals surface area contributed by atoms with Gasteiger partial charge in [-0.25, -0.2) is 12.8 Å². The van der Waals surface area contributed by atoms with Crippen LogP contribution in [0, 0.1) is 5.82 Å². The highest BCUT2D eigenvalue weighted by molar-refractivity contribution is 7.91. The quantitative estimate of drug-likeness (QED) is 0.656. The van der Waals surface area contributed by atoms with E-state index >= 15 is 0 Å². The minimum Gasteiger partial charge on any atom is -0.455 e. The number of hydrogen-bond donors (Lipinski definition) is 0. The Hall–Kier alpha value is -1.96. The highest BCUT2D eigenvalue weighted by atomic mass is 32.2. The van der Waals surface area contributed by atoms with Gasteiger partial charge in [0.15, 0.2) is 16.4 Å². The molecule has 0 spiro atoms. The summed E-state index contributed by atoms with van der Waals surface area (Å²) in [5, 5.41) is 0. The summed E-state index contributed by atoms with van der Waals surface area (Å²) in [4.78, 5) is 27.5. The van der Waals surface area contributed by atoms with Gasteiger partial charge in [-0.3, -0.25) is 9.59 Å². The molecule has 1 aliphatic heterocycles. The Morgan fingerprint density at radius 2 is 1.72 bits per heavy atom. The fraction of sp³-hybridized carbons (Fsp3) is 0.619. The van der Waals surface area contributed by atoms with Gasteiger partial charge in [0.05, 0.1) is 16.9 Å². The first kappa shape index (κ1) is 20.3. The van der Waals surface area contributed by atoms with Crippen molar-refractivity contribution in [2.24, 2.45) is 0 Å². The van der Waals surface area contributed by atoms with E-state index in [0.29, 0.717) is 19.3 Å². The van der Waals surface area contributed by atoms with E-state index in [1.807, 2.05) is 0 Å². The molecule has 8 heteroatoms. The van der Waals surface area contributed by atoms with Crippen molar-refractivity contribution in [3.8, 4) is 0 Å². The molecule has 0 N–H and O–H groups in total. The number of ether oxygens (including phenoxy) is 1. The van der Waals surface area contributed by atoms with Crippen LogP contribution in [-0.4, -0.2) is 55.4 Å². The zero-order chi connectivity index (χ0) is 20.6. The van der Waals surface area contributed by atoms with Gasteiger partial charge in [-0.2, -0.15) is 0 Å². The van der Waals surface area contributed by atoms with Crippen molar-refractivity contribution < 1.29 is 27.1 Å². The smallest absolute Gasteiger partial charge is 0.317 e. The van der Waals surface area contributed by atoms with Crippen LogP contribution in [0.4, 0.5) is 4.39 Å². The number of rotatable bonds is 6. The van der Waals surface area contributed by atoms with Crippen LogP contribution in [0.15, 0.2) is 24.3 Å². The van der Waals surface area contributed by atoms with Crippen LogP contribution in [0.25, 0.3) is 0 Å². The van der Waals surface area contributed by atoms with Crippen molar-refractivity contribution in [1.82, 2.24) is 4.90 Å². The summed E-state index contributed by atoms with van der Waals surface area (Å²) in [7, 11) is -3.11. The van der Waals surface area contributed by atoms with E-state index in [1.54, 1.807) is 17.0 Å². The Balaban J connectivity index is 1.44. The molecule has 2 aliphatic carbocycles. The summed E-state index contributed by atoms with van der Waals surface area (Å²) in [6, 6.07) is 5.63. The van der Waals surface area contributed by atoms with Gasteiger partial charge in [0, 0.05) is 12.1 Å². The second-order valence-corrected chi connectivity index (χ2v) is 10.7. The third kappa shape index (κ3) is 4.17. The lowest BCUT2D eigenvalue weighted by Gasteiger charge is -2.30. The highest BCUT2D eigenvalue weighted by Gasteiger charge is 2.46. The first-order valence-electron chi connectivity index (χ1n) is 10.3. The van der Waals surface area contributed by atoms with Gasteiger partial charge >= 0.3 is 5.97 Å². The van der Waals surface area contributed by atoms with E-state index in [4.69, 9.17) is 4.74 Å². The number of nitrogens with zero attached hydrogens (tertiary/aromatic N) is 1. The maximum Gasteiger partial charge on any atom is 0.317 e. The minimum absolute atomic E-state index is 0.0112. The van der Waals surface area contributed by atoms with Crippen LogP contribution < -0.4 is 0 Å². The Morgan fingerprint density at radius 3 is 2.28 bits per heavy atom. The number of benzene rings is 1. The molecule has 1 amide bonds. The average Bonchev–Trinajstić information content (AvgIpc) is 3.26. The van der Waals surface area contributed by atoms with Crippen molar-refractivity contribution in [2.75, 3.05) is 18.1 Å². The molecule has 4 rings (SSSR count). The summed E-state index contributed by atoms with van der Waals surface area (Å²) in [6.45, 7) is -0.380. The van der Waals surface area contributed by atoms with Crippen LogP contribution >= 0.6 is 0 Å². The van der Waals surface area contributed by atoms with Crippen molar-refractivity contribution in [3.63, 3.8) is 0 Å². The summed E-state index contributed by atoms with van der Waals surface area (Å²) in [5.41, 5.74) is -0.121. The molecule has 0 radical (unpaired) electrons. The van der Waals surface area contributed by atoms with Crippen LogP contribution in [0.5, 0.6) is 0 Å². The second-order valence-electron chi connectivity index (χ2n) is 8.46. The Bertz CT molecular complexity index is 888. The van der Waals surface area contributed by atoms with Crippen LogP contribution in [0.2, 0.25) is 0 Å². The first-order chi connectivity index (χ1) is 13.8. The fourth-order valence-electron chi connectivity index (χ4n) is 4.75. The van der Waals surface area contributed by atoms with Crippen LogP contribution in [0.1, 0.15) is 50.5 Å². The summed E-state index contributed by atoms with van der Waals surface area (Å²) in [6.07, 6.45) is 5.12. The van der Waals surface area contributed by atoms with E-state index < -0.39 is 21.2 Å². The molecule has 2 saturated carbocycles. The molecule has 1 heterocycles. The standard InChI is InChI=1S/C21H26FNO5S/c22-16-5-3-15(4-6-16)21(10-1-2-11-21)20(25)28-13-19(24)23(17-7-8-17)18-9-12-29(26,27)14-18/h3-6,17-18H,1-2,7-14H2/t18-/m1/s1. The molecular formula is C21H26FNO5S. The average molecular weight is 424 g/mol. The molecule has 1 aromatic carbocycles. The van der Waals surface area contributed by atoms with E-state index in [2.05, 4.69) is 0 Å². The molecule has 1 saturated heterocycles. The SMILES string of the molecule is O=C(COC(=O)C1(c2ccc(F)cc2)CCCC1)N(C1CC1)[C@@H]1CCS(=O)(=O)C1. The third-order valence-corrected chi connectivity index (χ3v) is 8.15. The zero-order valence-electron chi connectivity index (χ0n) is 16.3. The van der Waals surface area contributed by atoms with Crippen molar-refractivity contribution in [2.45, 2.75) is 62.4 Å². The van der Waals surface area contributed by atoms with Crippen molar-refractivity contribution in [3.05, 3.63) is 35.6 Å². The second kappa shape index (κ2) is 7.70. The molecule has 3 aliphatic rings. The molecule has 0 aromatic heterocycles. The lowest BCUT2D eigenvalue weighted by atomic mass is 9.79. The monoisotopic (exact) mass is 423 g/mol. The van der Waals surface area contributed by atoms with E-state index in [9.17, 15) is 22.4 Å². The fourth-order valence-corrected chi connectivity index (χ4v) is 6.46. The summed E-state index contributed by atoms with van der Waals surface area (Å²) < 4.78 is 42.4. The number of halogens is 1. The maximum atomic E-state index is 13.3. The maximum absolute atomic E-state index is 13.3. The Kier molecular flexibility index (Phi) is 5.40. The largest absolute Gasteiger partial charge is 0.455 e. The number of carbonyl (C=O) groups is 2. The van der Waals surface area contributed by atoms with E-state index in [1.165, 1.54) is 12.1 Å². The predicted octanol–water partition coefficient (Wildman–Crippen LogP) is 2.36. The number of hydrogen-bond acceptors (Lipinski definition) is 5. The topological polar surface area (TPSA) is 80.8 Å². The van der Waals surface area contributed by atoms with E-state index in [-0.39, 0.29) is 41.9 Å². The van der Waals surface area contributed by atoms with Crippen LogP contribution in [0.3, 0.4) is 0 Å². The first-order valence-corrected chi connectivity index (χ1v) is 12.1. The predicted molar refractivity (Wildman–Crippen MR) is 104 cm³/mol. The number of esters is 1. The molecule has 1 atom stereocenters. The lowest BCUT2D eigenvalue weighted by Crippen LogP contribution is -2.45. The van der Waals surface area contributed by atoms with Gasteiger partial charge in [-0.05, 0) is 49.8 Å². The zero-order valence-corrected chi connectivity index (χ0v) is 17.1. The van der Waals surface area contributed by atoms with Crippen LogP contribution in [-0.2, 0) is 29.6 Å². The Morgan fingerprint density at radius 1 is 1.07 bits per heavy atom. The van der Waals surface area contributed by atoms with Gasteiger partial charge < -0.3 is 9.64 Å². The van der Waals surface area contributed by atoms with Crippen molar-refractivity contribution >= 4 is 21.7 Å². The van der Waals surface area contributed by atoms with E-state index in [0.717, 1.165) is 31.2 Å². The Labute approximate surface area is 170 Å². The molecule has 3 fully saturated rings. The van der Waals surface area contributed by atoms with Gasteiger partial charge in [-0.15, -0.1) is 0 Å². The molecular weight excluding hydrogens is 397 g/mol. The number of sulfone groups is 1. The minimum atomic E-state index is -3.11. The normalized spacial score (nSPS) is 24.9. The molecule has 6 nitrogen and oxygen atoms in total. The van der Waals surface area contributed by atoms with Gasteiger partial charge in [0.1, 0.15) is 5.82 Å². The van der Waals surface area contributed by atoms with Gasteiger partial charge in [0.25, 0.3) is 5.91 Å². The number of carbonyl (C=O) groups excluding carboxylic acids is 2. The molecule has 0 bridgehead atoms. The highest BCUT2D eigenvalue weighted by Crippen LogP contribution is 2.42. The molecule has 158 valence electrons. The molecule has 29 heavy (non-hydrogen) atoms. The molecule has 0 unspecified atom stereocenters. The third-order valence-electron chi connectivity index (χ3n) is 6.40. The number of amides is 1. The van der Waals surface area contributed by atoms with Gasteiger partial charge in [0.2, 0.25) is 0 Å². The summed E-state index contributed by atoms with van der Waals surface area (Å²) in [5.74, 6) is -1.05. The van der Waals surface area contributed by atoms with Gasteiger partial charge in [-0.1, -0.05) is 25.0 Å².